The largest absolute Gasteiger partial charge is 0.329 e. The van der Waals surface area contributed by atoms with Gasteiger partial charge in [-0.25, -0.2) is 18.4 Å². The molecule has 0 amide bonds. The van der Waals surface area contributed by atoms with Crippen molar-refractivity contribution in [3.63, 3.8) is 0 Å². The summed E-state index contributed by atoms with van der Waals surface area (Å²) < 4.78 is 29.1. The zero-order valence-corrected chi connectivity index (χ0v) is 16.3. The Morgan fingerprint density at radius 1 is 1.00 bits per heavy atom. The molecule has 10 heteroatoms. The van der Waals surface area contributed by atoms with Gasteiger partial charge < -0.3 is 4.90 Å². The minimum Gasteiger partial charge on any atom is -0.329 e. The van der Waals surface area contributed by atoms with Crippen LogP contribution in [-0.4, -0.2) is 35.0 Å². The molecule has 4 rings (SSSR count). The van der Waals surface area contributed by atoms with Gasteiger partial charge in [0.1, 0.15) is 11.6 Å². The normalized spacial score (nSPS) is 11.3. The van der Waals surface area contributed by atoms with Crippen LogP contribution in [0.4, 0.5) is 14.7 Å². The summed E-state index contributed by atoms with van der Waals surface area (Å²) in [7, 11) is 1.66. The maximum Gasteiger partial charge on any atom is 0.266 e. The van der Waals surface area contributed by atoms with E-state index in [0.717, 1.165) is 34.9 Å². The molecule has 0 fully saturated rings. The molecule has 0 saturated heterocycles. The van der Waals surface area contributed by atoms with Gasteiger partial charge in [-0.2, -0.15) is 9.90 Å². The van der Waals surface area contributed by atoms with E-state index >= 15 is 0 Å². The summed E-state index contributed by atoms with van der Waals surface area (Å²) in [6.07, 6.45) is 1.77. The Labute approximate surface area is 165 Å². The molecule has 29 heavy (non-hydrogen) atoms. The summed E-state index contributed by atoms with van der Waals surface area (Å²) in [5.41, 5.74) is 3.09. The molecule has 0 saturated carbocycles. The molecular weight excluding hydrogens is 378 g/mol. The van der Waals surface area contributed by atoms with Crippen LogP contribution in [0.25, 0.3) is 11.0 Å². The molecule has 150 valence electrons. The SMILES string of the molecule is CCn1nc(C)c2cc(CN(Cc3cc(F)cc(F)c3)c3nnn(C)n3)cnc21. The summed E-state index contributed by atoms with van der Waals surface area (Å²) in [6, 6.07) is 5.46. The van der Waals surface area contributed by atoms with Gasteiger partial charge in [-0.1, -0.05) is 5.10 Å². The molecule has 0 atom stereocenters. The van der Waals surface area contributed by atoms with E-state index in [1.807, 2.05) is 24.6 Å². The monoisotopic (exact) mass is 398 g/mol. The number of pyridine rings is 1. The number of rotatable bonds is 6. The van der Waals surface area contributed by atoms with Gasteiger partial charge >= 0.3 is 0 Å². The van der Waals surface area contributed by atoms with Gasteiger partial charge in [0.05, 0.1) is 12.7 Å². The van der Waals surface area contributed by atoms with Gasteiger partial charge in [0, 0.05) is 37.3 Å². The third-order valence-electron chi connectivity index (χ3n) is 4.58. The summed E-state index contributed by atoms with van der Waals surface area (Å²) in [5.74, 6) is -0.895. The number of hydrogen-bond donors (Lipinski definition) is 0. The van der Waals surface area contributed by atoms with Crippen LogP contribution in [0.15, 0.2) is 30.5 Å². The van der Waals surface area contributed by atoms with Crippen molar-refractivity contribution in [2.75, 3.05) is 4.90 Å². The minimum absolute atomic E-state index is 0.214. The van der Waals surface area contributed by atoms with Crippen molar-refractivity contribution >= 4 is 17.0 Å². The van der Waals surface area contributed by atoms with Crippen LogP contribution >= 0.6 is 0 Å². The predicted molar refractivity (Wildman–Crippen MR) is 103 cm³/mol. The van der Waals surface area contributed by atoms with Crippen molar-refractivity contribution in [2.45, 2.75) is 33.5 Å². The van der Waals surface area contributed by atoms with E-state index < -0.39 is 11.6 Å². The third kappa shape index (κ3) is 3.91. The molecule has 8 nitrogen and oxygen atoms in total. The van der Waals surface area contributed by atoms with E-state index in [0.29, 0.717) is 18.1 Å². The molecule has 0 aliphatic rings. The molecule has 3 aromatic heterocycles. The highest BCUT2D eigenvalue weighted by Gasteiger charge is 2.16. The van der Waals surface area contributed by atoms with Crippen molar-refractivity contribution in [1.29, 1.82) is 0 Å². The molecule has 0 aliphatic heterocycles. The number of fused-ring (bicyclic) bond motifs is 1. The van der Waals surface area contributed by atoms with Crippen molar-refractivity contribution < 1.29 is 8.78 Å². The van der Waals surface area contributed by atoms with Crippen LogP contribution in [0.1, 0.15) is 23.7 Å². The first-order valence-electron chi connectivity index (χ1n) is 9.19. The second-order valence-electron chi connectivity index (χ2n) is 6.83. The molecule has 0 unspecified atom stereocenters. The Morgan fingerprint density at radius 3 is 2.38 bits per heavy atom. The zero-order valence-electron chi connectivity index (χ0n) is 16.3. The van der Waals surface area contributed by atoms with Crippen molar-refractivity contribution in [3.05, 3.63) is 58.9 Å². The van der Waals surface area contributed by atoms with Gasteiger partial charge in [0.2, 0.25) is 0 Å². The van der Waals surface area contributed by atoms with E-state index in [4.69, 9.17) is 0 Å². The number of anilines is 1. The number of hydrogen-bond acceptors (Lipinski definition) is 6. The Bertz CT molecular complexity index is 1150. The number of aromatic nitrogens is 7. The van der Waals surface area contributed by atoms with Crippen LogP contribution in [0.5, 0.6) is 0 Å². The highest BCUT2D eigenvalue weighted by atomic mass is 19.1. The maximum atomic E-state index is 13.6. The van der Waals surface area contributed by atoms with Gasteiger partial charge in [-0.3, -0.25) is 0 Å². The lowest BCUT2D eigenvalue weighted by Gasteiger charge is -2.21. The lowest BCUT2D eigenvalue weighted by molar-refractivity contribution is 0.578. The fraction of sp³-hybridized carbons (Fsp3) is 0.316. The lowest BCUT2D eigenvalue weighted by Crippen LogP contribution is -2.24. The maximum absolute atomic E-state index is 13.6. The molecule has 3 heterocycles. The lowest BCUT2D eigenvalue weighted by atomic mass is 10.1. The highest BCUT2D eigenvalue weighted by Crippen LogP contribution is 2.21. The summed E-state index contributed by atoms with van der Waals surface area (Å²) in [6.45, 7) is 5.30. The van der Waals surface area contributed by atoms with E-state index in [-0.39, 0.29) is 6.54 Å². The number of benzene rings is 1. The molecule has 0 radical (unpaired) electrons. The fourth-order valence-electron chi connectivity index (χ4n) is 3.30. The van der Waals surface area contributed by atoms with Crippen LogP contribution in [-0.2, 0) is 26.7 Å². The summed E-state index contributed by atoms with van der Waals surface area (Å²) >= 11 is 0. The van der Waals surface area contributed by atoms with Crippen molar-refractivity contribution in [2.24, 2.45) is 7.05 Å². The standard InChI is InChI=1S/C19H20F2N8/c1-4-29-18-17(12(2)24-29)7-14(9-22-18)11-28(19-23-26-27(3)25-19)10-13-5-15(20)8-16(21)6-13/h5-9H,4,10-11H2,1-3H3. The van der Waals surface area contributed by atoms with Crippen LogP contribution in [0.3, 0.4) is 0 Å². The minimum atomic E-state index is -0.627. The Hall–Kier alpha value is -3.43. The molecule has 1 aromatic carbocycles. The predicted octanol–water partition coefficient (Wildman–Crippen LogP) is 2.77. The number of nitrogens with zero attached hydrogens (tertiary/aromatic N) is 8. The van der Waals surface area contributed by atoms with Crippen molar-refractivity contribution in [3.8, 4) is 0 Å². The highest BCUT2D eigenvalue weighted by molar-refractivity contribution is 5.78. The second-order valence-corrected chi connectivity index (χ2v) is 6.83. The summed E-state index contributed by atoms with van der Waals surface area (Å²) in [5, 5.41) is 17.6. The number of halogens is 2. The number of aryl methyl sites for hydroxylation is 3. The van der Waals surface area contributed by atoms with Crippen LogP contribution < -0.4 is 4.90 Å². The smallest absolute Gasteiger partial charge is 0.266 e. The molecule has 0 bridgehead atoms. The average molecular weight is 398 g/mol. The molecule has 0 spiro atoms. The quantitative estimate of drug-likeness (QED) is 0.497. The molecule has 0 N–H and O–H groups in total. The first-order chi connectivity index (χ1) is 13.9. The second kappa shape index (κ2) is 7.53. The Balaban J connectivity index is 1.68. The first kappa shape index (κ1) is 18.9. The Kier molecular flexibility index (Phi) is 4.91. The topological polar surface area (TPSA) is 77.5 Å². The zero-order chi connectivity index (χ0) is 20.5. The van der Waals surface area contributed by atoms with Gasteiger partial charge in [-0.05, 0) is 48.4 Å². The summed E-state index contributed by atoms with van der Waals surface area (Å²) in [4.78, 5) is 7.69. The fourth-order valence-corrected chi connectivity index (χ4v) is 3.30. The first-order valence-corrected chi connectivity index (χ1v) is 9.19. The van der Waals surface area contributed by atoms with Gasteiger partial charge in [0.25, 0.3) is 5.95 Å². The van der Waals surface area contributed by atoms with Crippen LogP contribution in [0.2, 0.25) is 0 Å². The van der Waals surface area contributed by atoms with Gasteiger partial charge in [0.15, 0.2) is 5.65 Å². The Morgan fingerprint density at radius 2 is 1.72 bits per heavy atom. The van der Waals surface area contributed by atoms with E-state index in [1.165, 1.54) is 16.9 Å². The molecule has 4 aromatic rings. The third-order valence-corrected chi connectivity index (χ3v) is 4.58. The van der Waals surface area contributed by atoms with E-state index in [9.17, 15) is 8.78 Å². The molecular formula is C19H20F2N8. The van der Waals surface area contributed by atoms with E-state index in [2.05, 4.69) is 25.5 Å². The van der Waals surface area contributed by atoms with Crippen LogP contribution in [0, 0.1) is 18.6 Å². The van der Waals surface area contributed by atoms with Crippen molar-refractivity contribution in [1.82, 2.24) is 35.0 Å². The average Bonchev–Trinajstić information content (AvgIpc) is 3.24. The van der Waals surface area contributed by atoms with E-state index in [1.54, 1.807) is 18.1 Å². The molecule has 0 aliphatic carbocycles. The number of tetrazole rings is 1. The van der Waals surface area contributed by atoms with Gasteiger partial charge in [-0.15, -0.1) is 5.10 Å².